The fourth-order valence-electron chi connectivity index (χ4n) is 0.971. The second-order valence-electron chi connectivity index (χ2n) is 3.17. The van der Waals surface area contributed by atoms with Crippen LogP contribution in [0.25, 0.3) is 0 Å². The van der Waals surface area contributed by atoms with Gasteiger partial charge in [-0.2, -0.15) is 0 Å². The number of rotatable bonds is 3. The number of halogens is 1. The summed E-state index contributed by atoms with van der Waals surface area (Å²) in [5.41, 5.74) is 2.53. The van der Waals surface area contributed by atoms with Crippen LogP contribution >= 0.6 is 22.6 Å². The first-order chi connectivity index (χ1) is 6.18. The molecule has 0 bridgehead atoms. The van der Waals surface area contributed by atoms with Crippen LogP contribution in [0.1, 0.15) is 13.8 Å². The van der Waals surface area contributed by atoms with Crippen LogP contribution in [-0.4, -0.2) is 6.54 Å². The fraction of sp³-hybridized carbons (Fsp3) is 0.273. The molecule has 0 aliphatic rings. The minimum Gasteiger partial charge on any atom is -0.382 e. The number of nitrogens with one attached hydrogen (secondary N) is 1. The average Bonchev–Trinajstić information content (AvgIpc) is 2.03. The molecule has 0 saturated carbocycles. The highest BCUT2D eigenvalue weighted by molar-refractivity contribution is 14.1. The van der Waals surface area contributed by atoms with E-state index in [1.54, 1.807) is 0 Å². The minimum atomic E-state index is 0.905. The average molecular weight is 287 g/mol. The lowest BCUT2D eigenvalue weighted by Crippen LogP contribution is -1.98. The van der Waals surface area contributed by atoms with Crippen LogP contribution in [0.5, 0.6) is 0 Å². The van der Waals surface area contributed by atoms with Gasteiger partial charge in [-0.3, -0.25) is 0 Å². The van der Waals surface area contributed by atoms with Gasteiger partial charge in [-0.25, -0.2) is 0 Å². The Morgan fingerprint density at radius 1 is 1.46 bits per heavy atom. The second kappa shape index (κ2) is 5.27. The molecule has 0 aliphatic carbocycles. The predicted molar refractivity (Wildman–Crippen MR) is 67.1 cm³/mol. The van der Waals surface area contributed by atoms with E-state index in [0.717, 1.165) is 6.54 Å². The van der Waals surface area contributed by atoms with Crippen LogP contribution in [0, 0.1) is 3.57 Å². The van der Waals surface area contributed by atoms with Crippen molar-refractivity contribution >= 4 is 28.3 Å². The molecule has 0 unspecified atom stereocenters. The van der Waals surface area contributed by atoms with Crippen molar-refractivity contribution in [1.29, 1.82) is 0 Å². The maximum Gasteiger partial charge on any atom is 0.0353 e. The van der Waals surface area contributed by atoms with E-state index in [4.69, 9.17) is 0 Å². The van der Waals surface area contributed by atoms with E-state index in [1.807, 2.05) is 0 Å². The Kier molecular flexibility index (Phi) is 4.28. The zero-order valence-electron chi connectivity index (χ0n) is 7.97. The Morgan fingerprint density at radius 3 is 2.85 bits per heavy atom. The quantitative estimate of drug-likeness (QED) is 0.660. The van der Waals surface area contributed by atoms with Gasteiger partial charge in [-0.15, -0.1) is 0 Å². The van der Waals surface area contributed by atoms with E-state index >= 15 is 0 Å². The first-order valence-corrected chi connectivity index (χ1v) is 5.39. The van der Waals surface area contributed by atoms with Crippen molar-refractivity contribution < 1.29 is 0 Å². The molecule has 2 heteroatoms. The van der Waals surface area contributed by atoms with E-state index < -0.39 is 0 Å². The lowest BCUT2D eigenvalue weighted by molar-refractivity contribution is 1.26. The highest BCUT2D eigenvalue weighted by Crippen LogP contribution is 2.11. The Labute approximate surface area is 93.4 Å². The maximum absolute atomic E-state index is 3.34. The molecule has 0 aromatic heterocycles. The molecule has 0 saturated heterocycles. The number of benzene rings is 1. The summed E-state index contributed by atoms with van der Waals surface area (Å²) >= 11 is 2.32. The third-order valence-electron chi connectivity index (χ3n) is 1.64. The predicted octanol–water partition coefficient (Wildman–Crippen LogP) is 3.67. The van der Waals surface area contributed by atoms with Gasteiger partial charge in [0.2, 0.25) is 0 Å². The van der Waals surface area contributed by atoms with Crippen LogP contribution in [0.4, 0.5) is 5.69 Å². The van der Waals surface area contributed by atoms with Gasteiger partial charge in [0.25, 0.3) is 0 Å². The molecule has 13 heavy (non-hydrogen) atoms. The number of allylic oxidation sites excluding steroid dienone is 1. The Balaban J connectivity index is 2.50. The summed E-state index contributed by atoms with van der Waals surface area (Å²) in [5.74, 6) is 0. The molecule has 0 radical (unpaired) electrons. The Bertz CT molecular complexity index is 301. The summed E-state index contributed by atoms with van der Waals surface area (Å²) in [6.45, 7) is 5.12. The van der Waals surface area contributed by atoms with E-state index in [0.29, 0.717) is 0 Å². The van der Waals surface area contributed by atoms with Gasteiger partial charge in [0, 0.05) is 15.8 Å². The molecule has 0 fully saturated rings. The fourth-order valence-corrected chi connectivity index (χ4v) is 1.51. The van der Waals surface area contributed by atoms with E-state index in [9.17, 15) is 0 Å². The molecule has 1 aromatic rings. The van der Waals surface area contributed by atoms with Gasteiger partial charge < -0.3 is 5.32 Å². The van der Waals surface area contributed by atoms with Crippen molar-refractivity contribution in [3.05, 3.63) is 39.5 Å². The SMILES string of the molecule is CC(C)=CCNc1cccc(I)c1. The van der Waals surface area contributed by atoms with Gasteiger partial charge in [-0.05, 0) is 54.6 Å². The topological polar surface area (TPSA) is 12.0 Å². The zero-order valence-corrected chi connectivity index (χ0v) is 10.1. The minimum absolute atomic E-state index is 0.905. The van der Waals surface area contributed by atoms with Gasteiger partial charge >= 0.3 is 0 Å². The van der Waals surface area contributed by atoms with E-state index in [2.05, 4.69) is 72.1 Å². The number of hydrogen-bond donors (Lipinski definition) is 1. The zero-order chi connectivity index (χ0) is 9.68. The van der Waals surface area contributed by atoms with Crippen LogP contribution in [0.2, 0.25) is 0 Å². The van der Waals surface area contributed by atoms with Crippen molar-refractivity contribution in [2.24, 2.45) is 0 Å². The van der Waals surface area contributed by atoms with Gasteiger partial charge in [-0.1, -0.05) is 17.7 Å². The summed E-state index contributed by atoms with van der Waals surface area (Å²) in [7, 11) is 0. The molecule has 0 heterocycles. The van der Waals surface area contributed by atoms with Crippen molar-refractivity contribution in [3.63, 3.8) is 0 Å². The summed E-state index contributed by atoms with van der Waals surface area (Å²) in [6, 6.07) is 8.37. The van der Waals surface area contributed by atoms with Gasteiger partial charge in [0.1, 0.15) is 0 Å². The van der Waals surface area contributed by atoms with Crippen LogP contribution in [-0.2, 0) is 0 Å². The molecule has 0 aliphatic heterocycles. The molecule has 1 aromatic carbocycles. The van der Waals surface area contributed by atoms with Crippen molar-refractivity contribution in [3.8, 4) is 0 Å². The number of anilines is 1. The van der Waals surface area contributed by atoms with Crippen LogP contribution in [0.15, 0.2) is 35.9 Å². The highest BCUT2D eigenvalue weighted by Gasteiger charge is 1.90. The smallest absolute Gasteiger partial charge is 0.0353 e. The van der Waals surface area contributed by atoms with Crippen molar-refractivity contribution in [2.45, 2.75) is 13.8 Å². The third kappa shape index (κ3) is 4.31. The van der Waals surface area contributed by atoms with Crippen molar-refractivity contribution in [1.82, 2.24) is 0 Å². The lowest BCUT2D eigenvalue weighted by atomic mass is 10.3. The second-order valence-corrected chi connectivity index (χ2v) is 4.42. The normalized spacial score (nSPS) is 9.46. The molecular formula is C11H14IN. The van der Waals surface area contributed by atoms with Gasteiger partial charge in [0.15, 0.2) is 0 Å². The van der Waals surface area contributed by atoms with Crippen molar-refractivity contribution in [2.75, 3.05) is 11.9 Å². The van der Waals surface area contributed by atoms with E-state index in [1.165, 1.54) is 14.8 Å². The summed E-state index contributed by atoms with van der Waals surface area (Å²) in [6.07, 6.45) is 2.18. The Morgan fingerprint density at radius 2 is 2.23 bits per heavy atom. The van der Waals surface area contributed by atoms with Crippen LogP contribution in [0.3, 0.4) is 0 Å². The molecule has 0 spiro atoms. The molecule has 0 atom stereocenters. The molecule has 1 nitrogen and oxygen atoms in total. The summed E-state index contributed by atoms with van der Waals surface area (Å²) in [4.78, 5) is 0. The third-order valence-corrected chi connectivity index (χ3v) is 2.31. The number of hydrogen-bond acceptors (Lipinski definition) is 1. The first-order valence-electron chi connectivity index (χ1n) is 4.31. The van der Waals surface area contributed by atoms with Crippen LogP contribution < -0.4 is 5.32 Å². The molecular weight excluding hydrogens is 273 g/mol. The highest BCUT2D eigenvalue weighted by atomic mass is 127. The summed E-state index contributed by atoms with van der Waals surface area (Å²) < 4.78 is 1.26. The maximum atomic E-state index is 3.34. The summed E-state index contributed by atoms with van der Waals surface area (Å²) in [5, 5.41) is 3.34. The lowest BCUT2D eigenvalue weighted by Gasteiger charge is -2.03. The molecule has 1 rings (SSSR count). The molecule has 1 N–H and O–H groups in total. The largest absolute Gasteiger partial charge is 0.382 e. The molecule has 0 amide bonds. The standard InChI is InChI=1S/C11H14IN/c1-9(2)6-7-13-11-5-3-4-10(12)8-11/h3-6,8,13H,7H2,1-2H3. The first kappa shape index (κ1) is 10.6. The van der Waals surface area contributed by atoms with E-state index in [-0.39, 0.29) is 0 Å². The Hall–Kier alpha value is -0.510. The molecule has 70 valence electrons. The monoisotopic (exact) mass is 287 g/mol. The van der Waals surface area contributed by atoms with Gasteiger partial charge in [0.05, 0.1) is 0 Å².